The molecule has 0 heterocycles. The molecule has 2 rings (SSSR count). The van der Waals surface area contributed by atoms with Crippen LogP contribution in [0.2, 0.25) is 0 Å². The summed E-state index contributed by atoms with van der Waals surface area (Å²) in [5.41, 5.74) is 7.16. The van der Waals surface area contributed by atoms with Crippen LogP contribution in [-0.2, 0) is 10.3 Å². The Kier molecular flexibility index (Phi) is 2.94. The number of nitrogens with two attached hydrogens (primary N) is 1. The second-order valence-corrected chi connectivity index (χ2v) is 5.12. The van der Waals surface area contributed by atoms with Crippen molar-refractivity contribution in [3.05, 3.63) is 34.3 Å². The van der Waals surface area contributed by atoms with Crippen molar-refractivity contribution in [3.63, 3.8) is 0 Å². The van der Waals surface area contributed by atoms with E-state index >= 15 is 0 Å². The number of ketones is 1. The van der Waals surface area contributed by atoms with E-state index in [1.807, 2.05) is 18.2 Å². The van der Waals surface area contributed by atoms with Crippen LogP contribution in [0.1, 0.15) is 31.2 Å². The van der Waals surface area contributed by atoms with Crippen molar-refractivity contribution in [2.45, 2.75) is 31.2 Å². The molecule has 0 atom stereocenters. The predicted octanol–water partition coefficient (Wildman–Crippen LogP) is 2.75. The molecule has 0 unspecified atom stereocenters. The third-order valence-electron chi connectivity index (χ3n) is 3.10. The monoisotopic (exact) mass is 267 g/mol. The normalized spacial score (nSPS) is 20.3. The highest BCUT2D eigenvalue weighted by Gasteiger charge is 2.32. The Labute approximate surface area is 98.0 Å². The van der Waals surface area contributed by atoms with Gasteiger partial charge in [0.25, 0.3) is 0 Å². The molecule has 1 aliphatic rings. The Morgan fingerprint density at radius 2 is 1.93 bits per heavy atom. The van der Waals surface area contributed by atoms with Gasteiger partial charge in [-0.05, 0) is 30.5 Å². The number of halogens is 1. The molecule has 3 heteroatoms. The van der Waals surface area contributed by atoms with Gasteiger partial charge >= 0.3 is 0 Å². The van der Waals surface area contributed by atoms with E-state index in [1.54, 1.807) is 0 Å². The van der Waals surface area contributed by atoms with Crippen LogP contribution in [0.25, 0.3) is 0 Å². The van der Waals surface area contributed by atoms with Gasteiger partial charge in [-0.3, -0.25) is 4.79 Å². The van der Waals surface area contributed by atoms with E-state index in [0.717, 1.165) is 22.9 Å². The van der Waals surface area contributed by atoms with Crippen LogP contribution in [0.3, 0.4) is 0 Å². The number of hydrogen-bond acceptors (Lipinski definition) is 2. The van der Waals surface area contributed by atoms with Gasteiger partial charge in [-0.25, -0.2) is 0 Å². The Balaban J connectivity index is 2.25. The van der Waals surface area contributed by atoms with Gasteiger partial charge in [-0.15, -0.1) is 0 Å². The molecule has 0 bridgehead atoms. The minimum atomic E-state index is -0.308. The smallest absolute Gasteiger partial charge is 0.133 e. The van der Waals surface area contributed by atoms with E-state index in [9.17, 15) is 4.79 Å². The fourth-order valence-corrected chi connectivity index (χ4v) is 2.46. The molecule has 0 aromatic heterocycles. The van der Waals surface area contributed by atoms with Crippen molar-refractivity contribution >= 4 is 21.7 Å². The highest BCUT2D eigenvalue weighted by molar-refractivity contribution is 9.10. The average molecular weight is 268 g/mol. The minimum Gasteiger partial charge on any atom is -0.321 e. The summed E-state index contributed by atoms with van der Waals surface area (Å²) < 4.78 is 1.04. The molecule has 15 heavy (non-hydrogen) atoms. The molecule has 80 valence electrons. The van der Waals surface area contributed by atoms with Gasteiger partial charge in [-0.2, -0.15) is 0 Å². The lowest BCUT2D eigenvalue weighted by molar-refractivity contribution is -0.121. The first kappa shape index (κ1) is 10.8. The molecule has 0 saturated heterocycles. The van der Waals surface area contributed by atoms with Crippen LogP contribution >= 0.6 is 15.9 Å². The molecule has 1 aromatic rings. The number of benzene rings is 1. The third-order valence-corrected chi connectivity index (χ3v) is 3.59. The number of Topliss-reactive ketones (excluding diaryl/α,β-unsaturated/α-hetero) is 1. The largest absolute Gasteiger partial charge is 0.321 e. The van der Waals surface area contributed by atoms with E-state index < -0.39 is 0 Å². The first-order valence-corrected chi connectivity index (χ1v) is 5.96. The first-order chi connectivity index (χ1) is 7.10. The maximum Gasteiger partial charge on any atom is 0.133 e. The van der Waals surface area contributed by atoms with Crippen LogP contribution in [0.4, 0.5) is 0 Å². The maximum absolute atomic E-state index is 11.2. The lowest BCUT2D eigenvalue weighted by Crippen LogP contribution is -2.40. The molecule has 2 N–H and O–H groups in total. The predicted molar refractivity (Wildman–Crippen MR) is 63.5 cm³/mol. The topological polar surface area (TPSA) is 43.1 Å². The summed E-state index contributed by atoms with van der Waals surface area (Å²) in [6.45, 7) is 0. The van der Waals surface area contributed by atoms with Crippen molar-refractivity contribution in [1.82, 2.24) is 0 Å². The molecule has 1 saturated carbocycles. The van der Waals surface area contributed by atoms with E-state index in [0.29, 0.717) is 18.6 Å². The molecule has 0 amide bonds. The quantitative estimate of drug-likeness (QED) is 0.851. The van der Waals surface area contributed by atoms with E-state index in [-0.39, 0.29) is 5.54 Å². The molecule has 1 fully saturated rings. The van der Waals surface area contributed by atoms with E-state index in [2.05, 4.69) is 22.0 Å². The summed E-state index contributed by atoms with van der Waals surface area (Å²) in [5.74, 6) is 0.339. The molecule has 0 spiro atoms. The van der Waals surface area contributed by atoms with Gasteiger partial charge in [0, 0.05) is 22.9 Å². The van der Waals surface area contributed by atoms with Crippen molar-refractivity contribution in [2.75, 3.05) is 0 Å². The van der Waals surface area contributed by atoms with Gasteiger partial charge in [0.2, 0.25) is 0 Å². The number of hydrogen-bond donors (Lipinski definition) is 1. The fraction of sp³-hybridized carbons (Fsp3) is 0.417. The Morgan fingerprint density at radius 1 is 1.27 bits per heavy atom. The van der Waals surface area contributed by atoms with Gasteiger partial charge in [-0.1, -0.05) is 28.1 Å². The standard InChI is InChI=1S/C12H14BrNO/c13-10-3-1-2-9(8-10)12(14)6-4-11(15)5-7-12/h1-3,8H,4-7,14H2. The summed E-state index contributed by atoms with van der Waals surface area (Å²) >= 11 is 3.44. The minimum absolute atomic E-state index is 0.308. The number of carbonyl (C=O) groups is 1. The molecule has 1 aliphatic carbocycles. The van der Waals surface area contributed by atoms with E-state index in [4.69, 9.17) is 5.73 Å². The summed E-state index contributed by atoms with van der Waals surface area (Å²) in [6.07, 6.45) is 2.76. The highest BCUT2D eigenvalue weighted by atomic mass is 79.9. The van der Waals surface area contributed by atoms with E-state index in [1.165, 1.54) is 0 Å². The highest BCUT2D eigenvalue weighted by Crippen LogP contribution is 2.34. The molecule has 0 radical (unpaired) electrons. The zero-order valence-corrected chi connectivity index (χ0v) is 10.1. The lowest BCUT2D eigenvalue weighted by Gasteiger charge is -2.33. The number of rotatable bonds is 1. The summed E-state index contributed by atoms with van der Waals surface area (Å²) in [7, 11) is 0. The molecule has 2 nitrogen and oxygen atoms in total. The summed E-state index contributed by atoms with van der Waals surface area (Å²) in [5, 5.41) is 0. The number of carbonyl (C=O) groups excluding carboxylic acids is 1. The second kappa shape index (κ2) is 4.06. The van der Waals surface area contributed by atoms with Crippen molar-refractivity contribution in [3.8, 4) is 0 Å². The average Bonchev–Trinajstić information content (AvgIpc) is 2.23. The van der Waals surface area contributed by atoms with Crippen LogP contribution in [0, 0.1) is 0 Å². The SMILES string of the molecule is NC1(c2cccc(Br)c2)CCC(=O)CC1. The fourth-order valence-electron chi connectivity index (χ4n) is 2.06. The van der Waals surface area contributed by atoms with Crippen LogP contribution in [-0.4, -0.2) is 5.78 Å². The summed E-state index contributed by atoms with van der Waals surface area (Å²) in [6, 6.07) is 8.07. The third kappa shape index (κ3) is 2.29. The molecule has 0 aliphatic heterocycles. The Hall–Kier alpha value is -0.670. The zero-order valence-electron chi connectivity index (χ0n) is 8.50. The van der Waals surface area contributed by atoms with Crippen LogP contribution in [0.15, 0.2) is 28.7 Å². The van der Waals surface area contributed by atoms with Crippen molar-refractivity contribution < 1.29 is 4.79 Å². The van der Waals surface area contributed by atoms with Crippen molar-refractivity contribution in [1.29, 1.82) is 0 Å². The Morgan fingerprint density at radius 3 is 2.53 bits per heavy atom. The van der Waals surface area contributed by atoms with Crippen molar-refractivity contribution in [2.24, 2.45) is 5.73 Å². The van der Waals surface area contributed by atoms with Crippen LogP contribution < -0.4 is 5.73 Å². The van der Waals surface area contributed by atoms with Gasteiger partial charge in [0.1, 0.15) is 5.78 Å². The maximum atomic E-state index is 11.2. The molecular weight excluding hydrogens is 254 g/mol. The lowest BCUT2D eigenvalue weighted by atomic mass is 9.77. The Bertz CT molecular complexity index is 379. The van der Waals surface area contributed by atoms with Gasteiger partial charge in [0.15, 0.2) is 0 Å². The molecule has 1 aromatic carbocycles. The van der Waals surface area contributed by atoms with Gasteiger partial charge < -0.3 is 5.73 Å². The zero-order chi connectivity index (χ0) is 10.9. The first-order valence-electron chi connectivity index (χ1n) is 5.17. The van der Waals surface area contributed by atoms with Crippen LogP contribution in [0.5, 0.6) is 0 Å². The summed E-state index contributed by atoms with van der Waals surface area (Å²) in [4.78, 5) is 11.2. The van der Waals surface area contributed by atoms with Gasteiger partial charge in [0.05, 0.1) is 0 Å². The second-order valence-electron chi connectivity index (χ2n) is 4.21. The molecular formula is C12H14BrNO.